The molecule has 1 fully saturated rings. The molecule has 8 nitrogen and oxygen atoms in total. The maximum atomic E-state index is 12.6. The lowest BCUT2D eigenvalue weighted by Crippen LogP contribution is -2.46. The molecule has 1 saturated carbocycles. The molecule has 0 atom stereocenters. The summed E-state index contributed by atoms with van der Waals surface area (Å²) in [7, 11) is 1.55. The van der Waals surface area contributed by atoms with E-state index in [1.165, 1.54) is 11.8 Å². The van der Waals surface area contributed by atoms with E-state index >= 15 is 0 Å². The van der Waals surface area contributed by atoms with Crippen LogP contribution in [0.2, 0.25) is 0 Å². The molecule has 0 aromatic heterocycles. The monoisotopic (exact) mass is 467 g/mol. The standard InChI is InChI=1S/C24H25N3O5S/c1-31-18-8-6-7-17(13-18)26-22(29)15-33-20-10-3-2-9-19(20)23(30)32-14-21(28)27-24(16-25)11-4-5-12-24/h2-3,6-10,13H,4-5,11-12,14-15H2,1H3,(H,26,29)(H,27,28). The Bertz CT molecular complexity index is 1060. The number of amides is 2. The molecule has 0 heterocycles. The molecule has 2 aromatic carbocycles. The minimum Gasteiger partial charge on any atom is -0.497 e. The average Bonchev–Trinajstić information content (AvgIpc) is 3.30. The Labute approximate surface area is 196 Å². The van der Waals surface area contributed by atoms with Crippen molar-refractivity contribution in [1.29, 1.82) is 5.26 Å². The zero-order valence-electron chi connectivity index (χ0n) is 18.3. The van der Waals surface area contributed by atoms with Crippen LogP contribution in [0.15, 0.2) is 53.4 Å². The fourth-order valence-corrected chi connectivity index (χ4v) is 4.40. The first-order valence-electron chi connectivity index (χ1n) is 10.5. The van der Waals surface area contributed by atoms with Crippen LogP contribution < -0.4 is 15.4 Å². The third-order valence-corrected chi connectivity index (χ3v) is 6.28. The van der Waals surface area contributed by atoms with Crippen molar-refractivity contribution in [2.75, 3.05) is 24.8 Å². The van der Waals surface area contributed by atoms with Gasteiger partial charge in [0.05, 0.1) is 24.5 Å². The number of ether oxygens (including phenoxy) is 2. The van der Waals surface area contributed by atoms with Crippen molar-refractivity contribution in [3.05, 3.63) is 54.1 Å². The topological polar surface area (TPSA) is 118 Å². The summed E-state index contributed by atoms with van der Waals surface area (Å²) in [5.74, 6) is -0.707. The Kier molecular flexibility index (Phi) is 8.33. The smallest absolute Gasteiger partial charge is 0.339 e. The van der Waals surface area contributed by atoms with Crippen LogP contribution in [0.25, 0.3) is 0 Å². The summed E-state index contributed by atoms with van der Waals surface area (Å²) < 4.78 is 10.3. The van der Waals surface area contributed by atoms with E-state index in [9.17, 15) is 19.6 Å². The maximum absolute atomic E-state index is 12.6. The number of esters is 1. The SMILES string of the molecule is COc1cccc(NC(=O)CSc2ccccc2C(=O)OCC(=O)NC2(C#N)CCCC2)c1. The fraction of sp³-hybridized carbons (Fsp3) is 0.333. The van der Waals surface area contributed by atoms with Gasteiger partial charge in [-0.2, -0.15) is 5.26 Å². The van der Waals surface area contributed by atoms with Crippen LogP contribution in [-0.4, -0.2) is 42.8 Å². The number of nitrogens with one attached hydrogen (secondary N) is 2. The van der Waals surface area contributed by atoms with Gasteiger partial charge in [-0.15, -0.1) is 11.8 Å². The van der Waals surface area contributed by atoms with E-state index < -0.39 is 24.0 Å². The average molecular weight is 468 g/mol. The number of anilines is 1. The zero-order chi connectivity index (χ0) is 23.7. The van der Waals surface area contributed by atoms with Crippen LogP contribution in [0.1, 0.15) is 36.0 Å². The minimum atomic E-state index is -0.868. The molecule has 0 unspecified atom stereocenters. The highest BCUT2D eigenvalue weighted by atomic mass is 32.2. The van der Waals surface area contributed by atoms with E-state index in [0.29, 0.717) is 29.2 Å². The molecular weight excluding hydrogens is 442 g/mol. The number of hydrogen-bond donors (Lipinski definition) is 2. The van der Waals surface area contributed by atoms with E-state index in [4.69, 9.17) is 9.47 Å². The molecule has 33 heavy (non-hydrogen) atoms. The Morgan fingerprint density at radius 2 is 1.85 bits per heavy atom. The molecule has 1 aliphatic rings. The van der Waals surface area contributed by atoms with Gasteiger partial charge in [0.25, 0.3) is 5.91 Å². The quantitative estimate of drug-likeness (QED) is 0.428. The predicted octanol–water partition coefficient (Wildman–Crippen LogP) is 3.54. The number of rotatable bonds is 9. The van der Waals surface area contributed by atoms with Crippen molar-refractivity contribution in [3.8, 4) is 11.8 Å². The van der Waals surface area contributed by atoms with E-state index in [0.717, 1.165) is 12.8 Å². The summed E-state index contributed by atoms with van der Waals surface area (Å²) in [4.78, 5) is 37.7. The summed E-state index contributed by atoms with van der Waals surface area (Å²) in [6.45, 7) is -0.475. The second-order valence-electron chi connectivity index (χ2n) is 7.59. The second-order valence-corrected chi connectivity index (χ2v) is 8.61. The number of thioether (sulfide) groups is 1. The van der Waals surface area contributed by atoms with Gasteiger partial charge in [0, 0.05) is 16.6 Å². The molecule has 0 saturated heterocycles. The molecule has 2 aromatic rings. The van der Waals surface area contributed by atoms with Crippen molar-refractivity contribution in [1.82, 2.24) is 5.32 Å². The number of benzene rings is 2. The highest BCUT2D eigenvalue weighted by Crippen LogP contribution is 2.29. The second kappa shape index (κ2) is 11.4. The highest BCUT2D eigenvalue weighted by molar-refractivity contribution is 8.00. The number of methoxy groups -OCH3 is 1. The van der Waals surface area contributed by atoms with E-state index in [2.05, 4.69) is 16.7 Å². The summed E-state index contributed by atoms with van der Waals surface area (Å²) in [6.07, 6.45) is 2.95. The molecule has 2 amide bonds. The van der Waals surface area contributed by atoms with Gasteiger partial charge in [-0.3, -0.25) is 9.59 Å². The Balaban J connectivity index is 1.53. The first-order chi connectivity index (χ1) is 15.9. The van der Waals surface area contributed by atoms with Crippen molar-refractivity contribution < 1.29 is 23.9 Å². The molecular formula is C24H25N3O5S. The zero-order valence-corrected chi connectivity index (χ0v) is 19.1. The van der Waals surface area contributed by atoms with E-state index in [1.54, 1.807) is 55.6 Å². The molecule has 9 heteroatoms. The molecule has 3 rings (SSSR count). The molecule has 0 aliphatic heterocycles. The van der Waals surface area contributed by atoms with Gasteiger partial charge in [-0.1, -0.05) is 18.2 Å². The molecule has 1 aliphatic carbocycles. The van der Waals surface area contributed by atoms with Gasteiger partial charge in [0.1, 0.15) is 11.3 Å². The Morgan fingerprint density at radius 3 is 2.58 bits per heavy atom. The van der Waals surface area contributed by atoms with Crippen LogP contribution in [0.5, 0.6) is 5.75 Å². The van der Waals surface area contributed by atoms with Crippen molar-refractivity contribution in [2.24, 2.45) is 0 Å². The first kappa shape index (κ1) is 24.1. The Hall–Kier alpha value is -3.51. The third kappa shape index (κ3) is 6.73. The molecule has 172 valence electrons. The minimum absolute atomic E-state index is 0.0761. The van der Waals surface area contributed by atoms with Crippen LogP contribution >= 0.6 is 11.8 Å². The number of carbonyl (C=O) groups is 3. The maximum Gasteiger partial charge on any atom is 0.339 e. The summed E-state index contributed by atoms with van der Waals surface area (Å²) in [5.41, 5.74) is 0.00399. The first-order valence-corrected chi connectivity index (χ1v) is 11.5. The Morgan fingerprint density at radius 1 is 1.09 bits per heavy atom. The highest BCUT2D eigenvalue weighted by Gasteiger charge is 2.35. The summed E-state index contributed by atoms with van der Waals surface area (Å²) >= 11 is 1.19. The van der Waals surface area contributed by atoms with Gasteiger partial charge >= 0.3 is 5.97 Å². The van der Waals surface area contributed by atoms with Gasteiger partial charge in [-0.05, 0) is 49.9 Å². The van der Waals surface area contributed by atoms with Crippen LogP contribution in [0, 0.1) is 11.3 Å². The summed E-state index contributed by atoms with van der Waals surface area (Å²) in [6, 6.07) is 15.9. The van der Waals surface area contributed by atoms with Crippen molar-refractivity contribution in [2.45, 2.75) is 36.1 Å². The van der Waals surface area contributed by atoms with Crippen LogP contribution in [0.3, 0.4) is 0 Å². The van der Waals surface area contributed by atoms with Crippen LogP contribution in [0.4, 0.5) is 5.69 Å². The number of carbonyl (C=O) groups excluding carboxylic acids is 3. The molecule has 0 bridgehead atoms. The third-order valence-electron chi connectivity index (χ3n) is 5.20. The lowest BCUT2D eigenvalue weighted by Gasteiger charge is -2.21. The van der Waals surface area contributed by atoms with Crippen LogP contribution in [-0.2, 0) is 14.3 Å². The van der Waals surface area contributed by atoms with Crippen molar-refractivity contribution in [3.63, 3.8) is 0 Å². The van der Waals surface area contributed by atoms with E-state index in [-0.39, 0.29) is 17.2 Å². The van der Waals surface area contributed by atoms with Gasteiger partial charge in [-0.25, -0.2) is 4.79 Å². The number of hydrogen-bond acceptors (Lipinski definition) is 7. The lowest BCUT2D eigenvalue weighted by atomic mass is 10.00. The van der Waals surface area contributed by atoms with Gasteiger partial charge in [0.2, 0.25) is 5.91 Å². The normalized spacial score (nSPS) is 14.1. The van der Waals surface area contributed by atoms with Gasteiger partial charge < -0.3 is 20.1 Å². The summed E-state index contributed by atoms with van der Waals surface area (Å²) in [5, 5.41) is 14.8. The number of nitrogens with zero attached hydrogens (tertiary/aromatic N) is 1. The molecule has 2 N–H and O–H groups in total. The van der Waals surface area contributed by atoms with Gasteiger partial charge in [0.15, 0.2) is 6.61 Å². The molecule has 0 spiro atoms. The fourth-order valence-electron chi connectivity index (χ4n) is 3.56. The largest absolute Gasteiger partial charge is 0.497 e. The lowest BCUT2D eigenvalue weighted by molar-refractivity contribution is -0.125. The van der Waals surface area contributed by atoms with Crippen molar-refractivity contribution >= 4 is 35.2 Å². The van der Waals surface area contributed by atoms with E-state index in [1.807, 2.05) is 0 Å². The molecule has 0 radical (unpaired) electrons. The number of nitriles is 1. The predicted molar refractivity (Wildman–Crippen MR) is 124 cm³/mol.